The van der Waals surface area contributed by atoms with Gasteiger partial charge in [0.25, 0.3) is 0 Å². The Bertz CT molecular complexity index is 235. The molecule has 0 aliphatic carbocycles. The summed E-state index contributed by atoms with van der Waals surface area (Å²) in [4.78, 5) is 13.5. The summed E-state index contributed by atoms with van der Waals surface area (Å²) < 4.78 is 0. The molecule has 0 aromatic heterocycles. The molecule has 2 unspecified atom stereocenters. The zero-order valence-corrected chi connectivity index (χ0v) is 9.71. The summed E-state index contributed by atoms with van der Waals surface area (Å²) in [7, 11) is 3.93. The second-order valence-electron chi connectivity index (χ2n) is 4.54. The van der Waals surface area contributed by atoms with Crippen LogP contribution in [-0.4, -0.2) is 48.2 Å². The van der Waals surface area contributed by atoms with Crippen molar-refractivity contribution in [3.05, 3.63) is 0 Å². The molecule has 1 aliphatic rings. The fourth-order valence-electron chi connectivity index (χ4n) is 2.20. The highest BCUT2D eigenvalue weighted by atomic mass is 16.5. The van der Waals surface area contributed by atoms with E-state index in [2.05, 4.69) is 24.2 Å². The number of nitrogens with zero attached hydrogens (tertiary/aromatic N) is 1. The topological polar surface area (TPSA) is 64.6 Å². The number of likely N-dealkylation sites (tertiary alicyclic amines) is 1. The molecule has 0 aromatic rings. The fraction of sp³-hybridized carbons (Fsp3) is 0.900. The van der Waals surface area contributed by atoms with E-state index in [0.29, 0.717) is 12.5 Å². The minimum Gasteiger partial charge on any atom is -0.313 e. The van der Waals surface area contributed by atoms with E-state index in [0.717, 1.165) is 19.4 Å². The van der Waals surface area contributed by atoms with E-state index >= 15 is 0 Å². The van der Waals surface area contributed by atoms with Gasteiger partial charge in [0.15, 0.2) is 0 Å². The smallest absolute Gasteiger partial charge is 0.245 e. The van der Waals surface area contributed by atoms with Gasteiger partial charge in [0, 0.05) is 24.5 Å². The summed E-state index contributed by atoms with van der Waals surface area (Å²) in [6, 6.07) is 0.559. The Morgan fingerprint density at radius 1 is 1.67 bits per heavy atom. The van der Waals surface area contributed by atoms with Crippen LogP contribution in [0.15, 0.2) is 0 Å². The first-order valence-electron chi connectivity index (χ1n) is 5.35. The molecule has 0 bridgehead atoms. The van der Waals surface area contributed by atoms with Crippen LogP contribution < -0.4 is 10.8 Å². The lowest BCUT2D eigenvalue weighted by atomic mass is 9.83. The van der Waals surface area contributed by atoms with E-state index in [1.807, 2.05) is 7.05 Å². The van der Waals surface area contributed by atoms with Gasteiger partial charge in [0.2, 0.25) is 5.91 Å². The molecular weight excluding hydrogens is 194 g/mol. The van der Waals surface area contributed by atoms with Gasteiger partial charge in [-0.3, -0.25) is 10.0 Å². The lowest BCUT2D eigenvalue weighted by Crippen LogP contribution is -2.58. The number of likely N-dealkylation sites (N-methyl/N-ethyl adjacent to an activating group) is 2. The zero-order valence-electron chi connectivity index (χ0n) is 9.71. The average molecular weight is 215 g/mol. The largest absolute Gasteiger partial charge is 0.313 e. The quantitative estimate of drug-likeness (QED) is 0.456. The van der Waals surface area contributed by atoms with Gasteiger partial charge in [-0.15, -0.1) is 0 Å². The third-order valence-corrected chi connectivity index (χ3v) is 3.50. The van der Waals surface area contributed by atoms with Gasteiger partial charge in [-0.05, 0) is 33.9 Å². The lowest BCUT2D eigenvalue weighted by molar-refractivity contribution is -0.131. The maximum atomic E-state index is 11.2. The van der Waals surface area contributed by atoms with Crippen LogP contribution in [0.4, 0.5) is 0 Å². The maximum absolute atomic E-state index is 11.2. The predicted molar refractivity (Wildman–Crippen MR) is 57.7 cm³/mol. The van der Waals surface area contributed by atoms with E-state index in [4.69, 9.17) is 5.21 Å². The van der Waals surface area contributed by atoms with Crippen LogP contribution in [0, 0.1) is 0 Å². The van der Waals surface area contributed by atoms with Gasteiger partial charge in [0.1, 0.15) is 0 Å². The van der Waals surface area contributed by atoms with Crippen molar-refractivity contribution in [2.24, 2.45) is 0 Å². The molecule has 1 aliphatic heterocycles. The fourth-order valence-corrected chi connectivity index (χ4v) is 2.20. The van der Waals surface area contributed by atoms with Crippen molar-refractivity contribution in [1.29, 1.82) is 0 Å². The van der Waals surface area contributed by atoms with Gasteiger partial charge >= 0.3 is 0 Å². The van der Waals surface area contributed by atoms with Crippen molar-refractivity contribution < 1.29 is 10.0 Å². The average Bonchev–Trinajstić information content (AvgIpc) is 2.23. The molecule has 0 radical (unpaired) electrons. The van der Waals surface area contributed by atoms with Crippen molar-refractivity contribution in [2.75, 3.05) is 20.6 Å². The molecule has 1 heterocycles. The molecule has 0 spiro atoms. The molecule has 1 fully saturated rings. The van der Waals surface area contributed by atoms with E-state index < -0.39 is 0 Å². The van der Waals surface area contributed by atoms with Crippen LogP contribution in [0.25, 0.3) is 0 Å². The molecule has 5 heteroatoms. The third-order valence-electron chi connectivity index (χ3n) is 3.50. The first-order chi connectivity index (χ1) is 7.03. The highest BCUT2D eigenvalue weighted by molar-refractivity contribution is 5.76. The van der Waals surface area contributed by atoms with E-state index in [1.165, 1.54) is 0 Å². The second-order valence-corrected chi connectivity index (χ2v) is 4.54. The summed E-state index contributed by atoms with van der Waals surface area (Å²) in [5.41, 5.74) is 1.50. The Hall–Kier alpha value is -0.650. The number of hydrogen-bond acceptors (Lipinski definition) is 4. The van der Waals surface area contributed by atoms with Gasteiger partial charge in [-0.2, -0.15) is 0 Å². The second kappa shape index (κ2) is 4.92. The minimum absolute atomic E-state index is 0.200. The van der Waals surface area contributed by atoms with Crippen molar-refractivity contribution in [3.8, 4) is 0 Å². The summed E-state index contributed by atoms with van der Waals surface area (Å²) in [5.74, 6) is -0.327. The Balaban J connectivity index is 2.65. The van der Waals surface area contributed by atoms with Crippen molar-refractivity contribution in [2.45, 2.75) is 37.8 Å². The van der Waals surface area contributed by atoms with Crippen LogP contribution in [0.3, 0.4) is 0 Å². The molecule has 3 N–H and O–H groups in total. The molecule has 88 valence electrons. The molecule has 1 saturated heterocycles. The summed E-state index contributed by atoms with van der Waals surface area (Å²) in [5, 5.41) is 11.8. The van der Waals surface area contributed by atoms with E-state index in [-0.39, 0.29) is 11.4 Å². The van der Waals surface area contributed by atoms with E-state index in [1.54, 1.807) is 5.48 Å². The van der Waals surface area contributed by atoms with Gasteiger partial charge in [0.05, 0.1) is 0 Å². The summed E-state index contributed by atoms with van der Waals surface area (Å²) in [6.45, 7) is 3.02. The normalized spacial score (nSPS) is 32.7. The first-order valence-corrected chi connectivity index (χ1v) is 5.35. The molecule has 0 saturated carbocycles. The van der Waals surface area contributed by atoms with Crippen molar-refractivity contribution in [1.82, 2.24) is 15.7 Å². The van der Waals surface area contributed by atoms with Crippen molar-refractivity contribution in [3.63, 3.8) is 0 Å². The molecule has 1 rings (SSSR count). The standard InChI is InChI=1S/C10H21N3O2/c1-8-4-5-10(11-2,7-13(8)3)6-9(14)12-15/h8,11,15H,4-7H2,1-3H3,(H,12,14). The number of amides is 1. The molecule has 0 aromatic carbocycles. The number of piperidine rings is 1. The number of carbonyl (C=O) groups is 1. The van der Waals surface area contributed by atoms with Gasteiger partial charge < -0.3 is 10.2 Å². The Labute approximate surface area is 90.8 Å². The molecule has 15 heavy (non-hydrogen) atoms. The summed E-state index contributed by atoms with van der Waals surface area (Å²) in [6.07, 6.45) is 2.34. The van der Waals surface area contributed by atoms with Crippen LogP contribution in [0.5, 0.6) is 0 Å². The van der Waals surface area contributed by atoms with E-state index in [9.17, 15) is 4.79 Å². The SMILES string of the molecule is CNC1(CC(=O)NO)CCC(C)N(C)C1. The monoisotopic (exact) mass is 215 g/mol. The van der Waals surface area contributed by atoms with Gasteiger partial charge in [-0.1, -0.05) is 0 Å². The first kappa shape index (κ1) is 12.4. The predicted octanol–water partition coefficient (Wildman–Crippen LogP) is -0.0458. The van der Waals surface area contributed by atoms with Crippen molar-refractivity contribution >= 4 is 5.91 Å². The molecule has 1 amide bonds. The van der Waals surface area contributed by atoms with Crippen LogP contribution >= 0.6 is 0 Å². The Morgan fingerprint density at radius 3 is 2.80 bits per heavy atom. The highest BCUT2D eigenvalue weighted by Gasteiger charge is 2.37. The number of hydroxylamine groups is 1. The number of rotatable bonds is 3. The molecular formula is C10H21N3O2. The molecule has 2 atom stereocenters. The third kappa shape index (κ3) is 2.90. The van der Waals surface area contributed by atoms with Gasteiger partial charge in [-0.25, -0.2) is 5.48 Å². The Kier molecular flexibility index (Phi) is 4.07. The van der Waals surface area contributed by atoms with Crippen LogP contribution in [0.1, 0.15) is 26.2 Å². The molecule has 5 nitrogen and oxygen atoms in total. The highest BCUT2D eigenvalue weighted by Crippen LogP contribution is 2.26. The van der Waals surface area contributed by atoms with Crippen LogP contribution in [-0.2, 0) is 4.79 Å². The number of nitrogens with one attached hydrogen (secondary N) is 2. The maximum Gasteiger partial charge on any atom is 0.245 e. The Morgan fingerprint density at radius 2 is 2.33 bits per heavy atom. The summed E-state index contributed by atoms with van der Waals surface area (Å²) >= 11 is 0. The lowest BCUT2D eigenvalue weighted by Gasteiger charge is -2.44. The number of carbonyl (C=O) groups excluding carboxylic acids is 1. The van der Waals surface area contributed by atoms with Crippen LogP contribution in [0.2, 0.25) is 0 Å². The zero-order chi connectivity index (χ0) is 11.5. The minimum atomic E-state index is -0.327. The number of hydrogen-bond donors (Lipinski definition) is 3.